The predicted octanol–water partition coefficient (Wildman–Crippen LogP) is 1.96. The van der Waals surface area contributed by atoms with Crippen LogP contribution in [0.3, 0.4) is 0 Å². The highest BCUT2D eigenvalue weighted by Crippen LogP contribution is 2.35. The first-order chi connectivity index (χ1) is 7.17. The highest BCUT2D eigenvalue weighted by atomic mass is 19.4. The van der Waals surface area contributed by atoms with Gasteiger partial charge < -0.3 is 10.8 Å². The number of carboxylic acid groups (broad SMARTS) is 1. The molecule has 1 aromatic carbocycles. The standard InChI is InChI=1S/C10H10F3NO2/c1-9(14,8(15)16)6-4-2-3-5-7(6)10(11,12)13/h2-5H,14H2,1H3,(H,15,16). The summed E-state index contributed by atoms with van der Waals surface area (Å²) >= 11 is 0. The average Bonchev–Trinajstić information content (AvgIpc) is 2.16. The Hall–Kier alpha value is -1.56. The zero-order chi connectivity index (χ0) is 12.6. The fourth-order valence-electron chi connectivity index (χ4n) is 1.30. The Kier molecular flexibility index (Phi) is 2.96. The van der Waals surface area contributed by atoms with Crippen molar-refractivity contribution in [2.75, 3.05) is 0 Å². The third kappa shape index (κ3) is 2.16. The van der Waals surface area contributed by atoms with Gasteiger partial charge in [-0.05, 0) is 18.6 Å². The molecule has 3 nitrogen and oxygen atoms in total. The van der Waals surface area contributed by atoms with Gasteiger partial charge in [-0.25, -0.2) is 4.79 Å². The van der Waals surface area contributed by atoms with E-state index in [9.17, 15) is 18.0 Å². The molecule has 0 fully saturated rings. The molecule has 0 aliphatic heterocycles. The van der Waals surface area contributed by atoms with Gasteiger partial charge in [0.15, 0.2) is 0 Å². The van der Waals surface area contributed by atoms with E-state index >= 15 is 0 Å². The zero-order valence-corrected chi connectivity index (χ0v) is 8.38. The Balaban J connectivity index is 3.41. The molecule has 0 radical (unpaired) electrons. The van der Waals surface area contributed by atoms with Crippen LogP contribution in [0, 0.1) is 0 Å². The van der Waals surface area contributed by atoms with Crippen LogP contribution in [0.25, 0.3) is 0 Å². The minimum absolute atomic E-state index is 0.449. The average molecular weight is 233 g/mol. The quantitative estimate of drug-likeness (QED) is 0.820. The molecule has 16 heavy (non-hydrogen) atoms. The Morgan fingerprint density at radius 2 is 1.69 bits per heavy atom. The first kappa shape index (κ1) is 12.5. The van der Waals surface area contributed by atoms with Gasteiger partial charge in [-0.3, -0.25) is 0 Å². The minimum Gasteiger partial charge on any atom is -0.480 e. The molecule has 0 saturated heterocycles. The van der Waals surface area contributed by atoms with Crippen molar-refractivity contribution in [1.82, 2.24) is 0 Å². The number of hydrogen-bond donors (Lipinski definition) is 2. The molecule has 0 bridgehead atoms. The molecule has 1 unspecified atom stereocenters. The number of rotatable bonds is 2. The van der Waals surface area contributed by atoms with Gasteiger partial charge in [-0.1, -0.05) is 18.2 Å². The van der Waals surface area contributed by atoms with Gasteiger partial charge in [0.1, 0.15) is 5.54 Å². The second kappa shape index (κ2) is 3.79. The van der Waals surface area contributed by atoms with E-state index in [1.807, 2.05) is 0 Å². The van der Waals surface area contributed by atoms with E-state index in [4.69, 9.17) is 10.8 Å². The van der Waals surface area contributed by atoms with Crippen LogP contribution in [0.4, 0.5) is 13.2 Å². The number of carboxylic acids is 1. The number of hydrogen-bond acceptors (Lipinski definition) is 2. The zero-order valence-electron chi connectivity index (χ0n) is 8.38. The van der Waals surface area contributed by atoms with Crippen LogP contribution in [-0.4, -0.2) is 11.1 Å². The first-order valence-electron chi connectivity index (χ1n) is 4.36. The smallest absolute Gasteiger partial charge is 0.416 e. The molecule has 1 aromatic rings. The van der Waals surface area contributed by atoms with Crippen LogP contribution in [0.15, 0.2) is 24.3 Å². The minimum atomic E-state index is -4.62. The normalized spacial score (nSPS) is 15.6. The predicted molar refractivity (Wildman–Crippen MR) is 50.6 cm³/mol. The second-order valence-electron chi connectivity index (χ2n) is 3.55. The van der Waals surface area contributed by atoms with E-state index in [-0.39, 0.29) is 0 Å². The van der Waals surface area contributed by atoms with Gasteiger partial charge in [0.25, 0.3) is 0 Å². The van der Waals surface area contributed by atoms with Gasteiger partial charge in [0.2, 0.25) is 0 Å². The number of halogens is 3. The van der Waals surface area contributed by atoms with Crippen LogP contribution in [0.5, 0.6) is 0 Å². The van der Waals surface area contributed by atoms with Crippen molar-refractivity contribution < 1.29 is 23.1 Å². The molecule has 0 aliphatic carbocycles. The fourth-order valence-corrected chi connectivity index (χ4v) is 1.30. The Morgan fingerprint density at radius 3 is 2.06 bits per heavy atom. The van der Waals surface area contributed by atoms with E-state index < -0.39 is 28.8 Å². The van der Waals surface area contributed by atoms with E-state index in [0.717, 1.165) is 19.1 Å². The maximum atomic E-state index is 12.6. The van der Waals surface area contributed by atoms with Crippen LogP contribution in [0.2, 0.25) is 0 Å². The van der Waals surface area contributed by atoms with Crippen LogP contribution in [-0.2, 0) is 16.5 Å². The molecule has 0 saturated carbocycles. The fraction of sp³-hybridized carbons (Fsp3) is 0.300. The van der Waals surface area contributed by atoms with Crippen LogP contribution in [0.1, 0.15) is 18.1 Å². The molecular formula is C10H10F3NO2. The maximum Gasteiger partial charge on any atom is 0.416 e. The number of alkyl halides is 3. The van der Waals surface area contributed by atoms with Gasteiger partial charge in [-0.15, -0.1) is 0 Å². The molecule has 0 heterocycles. The summed E-state index contributed by atoms with van der Waals surface area (Å²) in [6.07, 6.45) is -4.62. The van der Waals surface area contributed by atoms with Crippen LogP contribution >= 0.6 is 0 Å². The van der Waals surface area contributed by atoms with E-state index in [0.29, 0.717) is 0 Å². The third-order valence-corrected chi connectivity index (χ3v) is 2.24. The summed E-state index contributed by atoms with van der Waals surface area (Å²) in [6.45, 7) is 1.03. The lowest BCUT2D eigenvalue weighted by atomic mass is 9.89. The van der Waals surface area contributed by atoms with Gasteiger partial charge >= 0.3 is 12.1 Å². The maximum absolute atomic E-state index is 12.6. The van der Waals surface area contributed by atoms with Crippen molar-refractivity contribution in [2.45, 2.75) is 18.6 Å². The molecule has 3 N–H and O–H groups in total. The molecule has 0 aliphatic rings. The van der Waals surface area contributed by atoms with Crippen molar-refractivity contribution in [3.63, 3.8) is 0 Å². The highest BCUT2D eigenvalue weighted by molar-refractivity contribution is 5.80. The Bertz CT molecular complexity index is 413. The lowest BCUT2D eigenvalue weighted by Crippen LogP contribution is -2.43. The summed E-state index contributed by atoms with van der Waals surface area (Å²) in [6, 6.07) is 4.38. The molecule has 0 amide bonds. The van der Waals surface area contributed by atoms with Crippen molar-refractivity contribution in [1.29, 1.82) is 0 Å². The van der Waals surface area contributed by atoms with E-state index in [1.165, 1.54) is 12.1 Å². The summed E-state index contributed by atoms with van der Waals surface area (Å²) in [7, 11) is 0. The summed E-state index contributed by atoms with van der Waals surface area (Å²) < 4.78 is 37.8. The summed E-state index contributed by atoms with van der Waals surface area (Å²) in [5.41, 5.74) is 1.84. The molecule has 1 atom stereocenters. The molecular weight excluding hydrogens is 223 g/mol. The molecule has 0 aromatic heterocycles. The first-order valence-corrected chi connectivity index (χ1v) is 4.36. The van der Waals surface area contributed by atoms with Gasteiger partial charge in [0, 0.05) is 0 Å². The van der Waals surface area contributed by atoms with Crippen molar-refractivity contribution in [3.05, 3.63) is 35.4 Å². The van der Waals surface area contributed by atoms with E-state index in [1.54, 1.807) is 0 Å². The Labute approximate surface area is 89.7 Å². The number of benzene rings is 1. The highest BCUT2D eigenvalue weighted by Gasteiger charge is 2.40. The van der Waals surface area contributed by atoms with Crippen molar-refractivity contribution in [2.24, 2.45) is 5.73 Å². The monoisotopic (exact) mass is 233 g/mol. The van der Waals surface area contributed by atoms with Crippen molar-refractivity contribution in [3.8, 4) is 0 Å². The van der Waals surface area contributed by atoms with E-state index in [2.05, 4.69) is 0 Å². The number of nitrogens with two attached hydrogens (primary N) is 1. The summed E-state index contributed by atoms with van der Waals surface area (Å²) in [5, 5.41) is 8.79. The SMILES string of the molecule is CC(N)(C(=O)O)c1ccccc1C(F)(F)F. The summed E-state index contributed by atoms with van der Waals surface area (Å²) in [4.78, 5) is 10.8. The molecule has 0 spiro atoms. The third-order valence-electron chi connectivity index (χ3n) is 2.24. The van der Waals surface area contributed by atoms with Crippen molar-refractivity contribution >= 4 is 5.97 Å². The van der Waals surface area contributed by atoms with Gasteiger partial charge in [-0.2, -0.15) is 13.2 Å². The van der Waals surface area contributed by atoms with Gasteiger partial charge in [0.05, 0.1) is 5.56 Å². The Morgan fingerprint density at radius 1 is 1.25 bits per heavy atom. The largest absolute Gasteiger partial charge is 0.480 e. The molecule has 1 rings (SSSR count). The number of carbonyl (C=O) groups is 1. The lowest BCUT2D eigenvalue weighted by Gasteiger charge is -2.23. The molecule has 6 heteroatoms. The van der Waals surface area contributed by atoms with Crippen LogP contribution < -0.4 is 5.73 Å². The summed E-state index contributed by atoms with van der Waals surface area (Å²) in [5.74, 6) is -1.51. The molecule has 88 valence electrons. The number of aliphatic carboxylic acids is 1. The topological polar surface area (TPSA) is 63.3 Å². The second-order valence-corrected chi connectivity index (χ2v) is 3.55. The lowest BCUT2D eigenvalue weighted by molar-refractivity contribution is -0.145.